The first-order chi connectivity index (χ1) is 10.8. The lowest BCUT2D eigenvalue weighted by Crippen LogP contribution is -2.19. The fourth-order valence-electron chi connectivity index (χ4n) is 2.25. The van der Waals surface area contributed by atoms with Crippen molar-refractivity contribution < 1.29 is 9.53 Å². The summed E-state index contributed by atoms with van der Waals surface area (Å²) in [6, 6.07) is 14.6. The molecule has 1 aliphatic rings. The van der Waals surface area contributed by atoms with E-state index in [4.69, 9.17) is 4.74 Å². The zero-order valence-corrected chi connectivity index (χ0v) is 12.3. The van der Waals surface area contributed by atoms with Gasteiger partial charge < -0.3 is 15.4 Å². The molecule has 112 valence electrons. The number of nitrogens with one attached hydrogen (secondary N) is 2. The first-order valence-corrected chi connectivity index (χ1v) is 7.10. The Balaban J connectivity index is 1.68. The topological polar surface area (TPSA) is 62.7 Å². The molecule has 1 heterocycles. The number of carbonyl (C=O) groups excluding carboxylic acids is 1. The summed E-state index contributed by atoms with van der Waals surface area (Å²) in [6.07, 6.45) is 0. The zero-order chi connectivity index (χ0) is 15.4. The molecule has 0 saturated heterocycles. The third-order valence-corrected chi connectivity index (χ3v) is 3.44. The predicted molar refractivity (Wildman–Crippen MR) is 86.8 cm³/mol. The minimum absolute atomic E-state index is 0.147. The van der Waals surface area contributed by atoms with Crippen molar-refractivity contribution in [1.29, 1.82) is 0 Å². The number of carbonyl (C=O) groups is 1. The Labute approximate surface area is 129 Å². The number of nitrogens with zero attached hydrogens (tertiary/aromatic N) is 1. The van der Waals surface area contributed by atoms with Crippen molar-refractivity contribution in [2.45, 2.75) is 0 Å². The van der Waals surface area contributed by atoms with Crippen LogP contribution in [-0.4, -0.2) is 31.9 Å². The number of aliphatic imine (C=N–C) groups is 1. The molecular weight excluding hydrogens is 278 g/mol. The van der Waals surface area contributed by atoms with Crippen LogP contribution in [0.5, 0.6) is 5.75 Å². The van der Waals surface area contributed by atoms with E-state index in [1.54, 1.807) is 31.4 Å². The zero-order valence-electron chi connectivity index (χ0n) is 12.3. The molecule has 0 aliphatic carbocycles. The molecule has 0 radical (unpaired) electrons. The molecule has 0 saturated carbocycles. The van der Waals surface area contributed by atoms with Crippen LogP contribution in [0.3, 0.4) is 0 Å². The largest absolute Gasteiger partial charge is 0.497 e. The number of rotatable bonds is 4. The maximum atomic E-state index is 12.2. The smallest absolute Gasteiger partial charge is 0.255 e. The fourth-order valence-corrected chi connectivity index (χ4v) is 2.25. The second-order valence-corrected chi connectivity index (χ2v) is 4.92. The minimum atomic E-state index is -0.147. The second-order valence-electron chi connectivity index (χ2n) is 4.92. The molecule has 5 heteroatoms. The number of hydrogen-bond donors (Lipinski definition) is 2. The summed E-state index contributed by atoms with van der Waals surface area (Å²) in [4.78, 5) is 16.5. The van der Waals surface area contributed by atoms with Crippen molar-refractivity contribution in [3.05, 3.63) is 59.7 Å². The van der Waals surface area contributed by atoms with Gasteiger partial charge in [0, 0.05) is 23.4 Å². The molecule has 2 aromatic rings. The summed E-state index contributed by atoms with van der Waals surface area (Å²) in [5.41, 5.74) is 2.37. The van der Waals surface area contributed by atoms with E-state index < -0.39 is 0 Å². The quantitative estimate of drug-likeness (QED) is 0.909. The van der Waals surface area contributed by atoms with E-state index in [-0.39, 0.29) is 5.91 Å². The summed E-state index contributed by atoms with van der Waals surface area (Å²) in [5.74, 6) is 1.49. The van der Waals surface area contributed by atoms with E-state index in [2.05, 4.69) is 15.6 Å². The van der Waals surface area contributed by atoms with Gasteiger partial charge in [0.1, 0.15) is 11.6 Å². The van der Waals surface area contributed by atoms with Crippen LogP contribution in [0.1, 0.15) is 15.9 Å². The third kappa shape index (κ3) is 3.09. The Kier molecular flexibility index (Phi) is 4.05. The van der Waals surface area contributed by atoms with Gasteiger partial charge in [0.25, 0.3) is 5.91 Å². The van der Waals surface area contributed by atoms with Crippen LogP contribution in [0, 0.1) is 0 Å². The van der Waals surface area contributed by atoms with Gasteiger partial charge in [-0.1, -0.05) is 0 Å². The average Bonchev–Trinajstić information content (AvgIpc) is 3.10. The molecule has 0 spiro atoms. The normalized spacial score (nSPS) is 13.2. The molecular formula is C17H17N3O2. The number of methoxy groups -OCH3 is 1. The van der Waals surface area contributed by atoms with Gasteiger partial charge in [-0.25, -0.2) is 0 Å². The van der Waals surface area contributed by atoms with E-state index in [0.29, 0.717) is 5.56 Å². The number of amides is 1. The highest BCUT2D eigenvalue weighted by molar-refractivity contribution is 6.05. The Hall–Kier alpha value is -2.82. The Morgan fingerprint density at radius 2 is 1.86 bits per heavy atom. The average molecular weight is 295 g/mol. The first-order valence-electron chi connectivity index (χ1n) is 7.10. The summed E-state index contributed by atoms with van der Waals surface area (Å²) in [5, 5.41) is 6.09. The summed E-state index contributed by atoms with van der Waals surface area (Å²) in [7, 11) is 1.60. The van der Waals surface area contributed by atoms with Crippen molar-refractivity contribution >= 4 is 17.4 Å². The van der Waals surface area contributed by atoms with Gasteiger partial charge in [0.2, 0.25) is 0 Å². The predicted octanol–water partition coefficient (Wildman–Crippen LogP) is 2.30. The molecule has 1 aliphatic heterocycles. The van der Waals surface area contributed by atoms with Crippen molar-refractivity contribution in [3.63, 3.8) is 0 Å². The molecule has 3 rings (SSSR count). The maximum Gasteiger partial charge on any atom is 0.255 e. The standard InChI is InChI=1S/C17H17N3O2/c1-22-15-8-4-13(5-9-15)17(21)20-14-6-2-12(3-7-14)16-18-10-11-19-16/h2-9H,10-11H2,1H3,(H,18,19)(H,20,21). The van der Waals surface area contributed by atoms with Crippen molar-refractivity contribution in [1.82, 2.24) is 5.32 Å². The van der Waals surface area contributed by atoms with Gasteiger partial charge in [0.15, 0.2) is 0 Å². The van der Waals surface area contributed by atoms with Crippen LogP contribution in [-0.2, 0) is 0 Å². The molecule has 0 bridgehead atoms. The number of amidine groups is 1. The van der Waals surface area contributed by atoms with Crippen molar-refractivity contribution in [2.75, 3.05) is 25.5 Å². The lowest BCUT2D eigenvalue weighted by molar-refractivity contribution is 0.102. The Morgan fingerprint density at radius 3 is 2.45 bits per heavy atom. The van der Waals surface area contributed by atoms with Gasteiger partial charge in [0.05, 0.1) is 13.7 Å². The molecule has 22 heavy (non-hydrogen) atoms. The maximum absolute atomic E-state index is 12.2. The van der Waals surface area contributed by atoms with E-state index in [9.17, 15) is 4.79 Å². The van der Waals surface area contributed by atoms with Crippen LogP contribution >= 0.6 is 0 Å². The third-order valence-electron chi connectivity index (χ3n) is 3.44. The molecule has 5 nitrogen and oxygen atoms in total. The molecule has 2 N–H and O–H groups in total. The van der Waals surface area contributed by atoms with Gasteiger partial charge in [-0.05, 0) is 48.5 Å². The highest BCUT2D eigenvalue weighted by Gasteiger charge is 2.09. The molecule has 1 amide bonds. The van der Waals surface area contributed by atoms with E-state index in [1.165, 1.54) is 0 Å². The van der Waals surface area contributed by atoms with Crippen LogP contribution in [0.4, 0.5) is 5.69 Å². The number of hydrogen-bond acceptors (Lipinski definition) is 4. The minimum Gasteiger partial charge on any atom is -0.497 e. The van der Waals surface area contributed by atoms with Crippen LogP contribution in [0.2, 0.25) is 0 Å². The number of benzene rings is 2. The number of anilines is 1. The van der Waals surface area contributed by atoms with E-state index in [1.807, 2.05) is 24.3 Å². The molecule has 2 aromatic carbocycles. The lowest BCUT2D eigenvalue weighted by Gasteiger charge is -2.07. The monoisotopic (exact) mass is 295 g/mol. The van der Waals surface area contributed by atoms with Crippen LogP contribution in [0.25, 0.3) is 0 Å². The number of ether oxygens (including phenoxy) is 1. The van der Waals surface area contributed by atoms with E-state index >= 15 is 0 Å². The first kappa shape index (κ1) is 14.1. The summed E-state index contributed by atoms with van der Waals surface area (Å²) < 4.78 is 5.08. The van der Waals surface area contributed by atoms with Gasteiger partial charge in [-0.3, -0.25) is 9.79 Å². The fraction of sp³-hybridized carbons (Fsp3) is 0.176. The SMILES string of the molecule is COc1ccc(C(=O)Nc2ccc(C3=NCCN3)cc2)cc1. The highest BCUT2D eigenvalue weighted by atomic mass is 16.5. The molecule has 0 aromatic heterocycles. The summed E-state index contributed by atoms with van der Waals surface area (Å²) >= 11 is 0. The van der Waals surface area contributed by atoms with Crippen LogP contribution < -0.4 is 15.4 Å². The van der Waals surface area contributed by atoms with Gasteiger partial charge in [-0.15, -0.1) is 0 Å². The van der Waals surface area contributed by atoms with Gasteiger partial charge in [-0.2, -0.15) is 0 Å². The Bertz CT molecular complexity index is 691. The van der Waals surface area contributed by atoms with Gasteiger partial charge >= 0.3 is 0 Å². The summed E-state index contributed by atoms with van der Waals surface area (Å²) in [6.45, 7) is 1.69. The molecule has 0 atom stereocenters. The highest BCUT2D eigenvalue weighted by Crippen LogP contribution is 2.15. The Morgan fingerprint density at radius 1 is 1.14 bits per heavy atom. The van der Waals surface area contributed by atoms with Crippen LogP contribution in [0.15, 0.2) is 53.5 Å². The molecule has 0 unspecified atom stereocenters. The molecule has 0 fully saturated rings. The van der Waals surface area contributed by atoms with Crippen molar-refractivity contribution in [2.24, 2.45) is 4.99 Å². The second kappa shape index (κ2) is 6.30. The lowest BCUT2D eigenvalue weighted by atomic mass is 10.1. The van der Waals surface area contributed by atoms with Crippen molar-refractivity contribution in [3.8, 4) is 5.75 Å². The van der Waals surface area contributed by atoms with E-state index in [0.717, 1.165) is 35.9 Å².